The van der Waals surface area contributed by atoms with Crippen LogP contribution in [0.2, 0.25) is 0 Å². The van der Waals surface area contributed by atoms with Gasteiger partial charge in [-0.25, -0.2) is 4.98 Å². The molecular formula is C17H17N5O2S. The summed E-state index contributed by atoms with van der Waals surface area (Å²) in [7, 11) is 0. The Bertz CT molecular complexity index is 979. The molecule has 1 fully saturated rings. The molecule has 0 aliphatic carbocycles. The average molecular weight is 355 g/mol. The van der Waals surface area contributed by atoms with Gasteiger partial charge in [0.2, 0.25) is 16.0 Å². The number of hydrogen-bond acceptors (Lipinski definition) is 6. The van der Waals surface area contributed by atoms with Crippen LogP contribution in [0.5, 0.6) is 0 Å². The standard InChI is InChI=1S/C17H17N5O2S/c1-11-2-4-12(5-3-11)10-21-9-7-13(15(21)24)19-16-20-22-14(23)6-8-18-17(22)25-16/h2-6,8,13H,7,9-10H2,1H3,(H,19,20). The minimum Gasteiger partial charge on any atom is -0.348 e. The van der Waals surface area contributed by atoms with Crippen molar-refractivity contribution in [1.29, 1.82) is 0 Å². The molecule has 1 atom stereocenters. The molecule has 1 saturated heterocycles. The molecule has 1 aromatic carbocycles. The third-order valence-electron chi connectivity index (χ3n) is 4.26. The number of hydrogen-bond donors (Lipinski definition) is 1. The third-order valence-corrected chi connectivity index (χ3v) is 5.11. The molecule has 1 aliphatic heterocycles. The average Bonchev–Trinajstić information content (AvgIpc) is 3.16. The molecule has 0 bridgehead atoms. The molecule has 0 saturated carbocycles. The van der Waals surface area contributed by atoms with Gasteiger partial charge in [-0.3, -0.25) is 9.59 Å². The Balaban J connectivity index is 1.46. The fourth-order valence-corrected chi connectivity index (χ4v) is 3.72. The molecule has 128 valence electrons. The van der Waals surface area contributed by atoms with Crippen molar-refractivity contribution in [3.8, 4) is 0 Å². The highest BCUT2D eigenvalue weighted by Gasteiger charge is 2.32. The van der Waals surface area contributed by atoms with E-state index in [1.165, 1.54) is 33.7 Å². The lowest BCUT2D eigenvalue weighted by atomic mass is 10.1. The van der Waals surface area contributed by atoms with Crippen LogP contribution in [0.1, 0.15) is 17.5 Å². The number of aromatic nitrogens is 3. The van der Waals surface area contributed by atoms with E-state index < -0.39 is 0 Å². The van der Waals surface area contributed by atoms with Crippen LogP contribution in [0.3, 0.4) is 0 Å². The first-order valence-corrected chi connectivity index (χ1v) is 8.87. The number of nitrogens with zero attached hydrogens (tertiary/aromatic N) is 4. The van der Waals surface area contributed by atoms with Crippen molar-refractivity contribution in [3.63, 3.8) is 0 Å². The van der Waals surface area contributed by atoms with E-state index in [2.05, 4.69) is 39.7 Å². The zero-order valence-electron chi connectivity index (χ0n) is 13.7. The molecule has 7 nitrogen and oxygen atoms in total. The van der Waals surface area contributed by atoms with Crippen LogP contribution in [-0.4, -0.2) is 38.0 Å². The number of aryl methyl sites for hydroxylation is 1. The van der Waals surface area contributed by atoms with Gasteiger partial charge in [-0.05, 0) is 18.9 Å². The molecule has 0 radical (unpaired) electrons. The van der Waals surface area contributed by atoms with E-state index in [1.54, 1.807) is 0 Å². The maximum atomic E-state index is 12.6. The molecular weight excluding hydrogens is 338 g/mol. The zero-order valence-corrected chi connectivity index (χ0v) is 14.5. The van der Waals surface area contributed by atoms with Crippen LogP contribution in [-0.2, 0) is 11.3 Å². The highest BCUT2D eigenvalue weighted by Crippen LogP contribution is 2.22. The predicted molar refractivity (Wildman–Crippen MR) is 95.8 cm³/mol. The normalized spacial score (nSPS) is 17.4. The SMILES string of the molecule is Cc1ccc(CN2CCC(Nc3nn4c(=O)ccnc4s3)C2=O)cc1. The lowest BCUT2D eigenvalue weighted by Crippen LogP contribution is -2.33. The van der Waals surface area contributed by atoms with Gasteiger partial charge in [-0.15, -0.1) is 5.10 Å². The number of anilines is 1. The highest BCUT2D eigenvalue weighted by molar-refractivity contribution is 7.20. The first-order valence-electron chi connectivity index (χ1n) is 8.06. The summed E-state index contributed by atoms with van der Waals surface area (Å²) in [6.07, 6.45) is 2.17. The second-order valence-corrected chi connectivity index (χ2v) is 7.07. The lowest BCUT2D eigenvalue weighted by molar-refractivity contribution is -0.128. The summed E-state index contributed by atoms with van der Waals surface area (Å²) < 4.78 is 1.25. The Hall–Kier alpha value is -2.74. The van der Waals surface area contributed by atoms with Crippen molar-refractivity contribution in [2.75, 3.05) is 11.9 Å². The van der Waals surface area contributed by atoms with Crippen molar-refractivity contribution < 1.29 is 4.79 Å². The predicted octanol–water partition coefficient (Wildman–Crippen LogP) is 1.67. The smallest absolute Gasteiger partial charge is 0.275 e. The van der Waals surface area contributed by atoms with Gasteiger partial charge in [0.25, 0.3) is 5.56 Å². The lowest BCUT2D eigenvalue weighted by Gasteiger charge is -2.17. The van der Waals surface area contributed by atoms with Gasteiger partial charge in [-0.1, -0.05) is 41.2 Å². The Kier molecular flexibility index (Phi) is 3.96. The molecule has 1 unspecified atom stereocenters. The zero-order chi connectivity index (χ0) is 17.4. The van der Waals surface area contributed by atoms with E-state index in [-0.39, 0.29) is 17.5 Å². The third kappa shape index (κ3) is 3.12. The molecule has 1 aliphatic rings. The maximum absolute atomic E-state index is 12.6. The van der Waals surface area contributed by atoms with Crippen LogP contribution in [0, 0.1) is 6.92 Å². The van der Waals surface area contributed by atoms with E-state index >= 15 is 0 Å². The summed E-state index contributed by atoms with van der Waals surface area (Å²) in [5, 5.41) is 7.89. The minimum absolute atomic E-state index is 0.0557. The van der Waals surface area contributed by atoms with Crippen LogP contribution >= 0.6 is 11.3 Å². The first kappa shape index (κ1) is 15.8. The van der Waals surface area contributed by atoms with Gasteiger partial charge in [0.15, 0.2) is 0 Å². The summed E-state index contributed by atoms with van der Waals surface area (Å²) in [6, 6.07) is 9.25. The molecule has 8 heteroatoms. The number of nitrogens with one attached hydrogen (secondary N) is 1. The maximum Gasteiger partial charge on any atom is 0.275 e. The van der Waals surface area contributed by atoms with E-state index in [1.807, 2.05) is 11.8 Å². The number of amides is 1. The Morgan fingerprint density at radius 2 is 2.04 bits per heavy atom. The van der Waals surface area contributed by atoms with E-state index in [9.17, 15) is 9.59 Å². The molecule has 2 aromatic heterocycles. The second kappa shape index (κ2) is 6.29. The fraction of sp³-hybridized carbons (Fsp3) is 0.294. The van der Waals surface area contributed by atoms with Gasteiger partial charge in [-0.2, -0.15) is 4.52 Å². The number of carbonyl (C=O) groups excluding carboxylic acids is 1. The Labute approximate surface area is 147 Å². The fourth-order valence-electron chi connectivity index (χ4n) is 2.89. The van der Waals surface area contributed by atoms with Gasteiger partial charge < -0.3 is 10.2 Å². The second-order valence-electron chi connectivity index (χ2n) is 6.12. The van der Waals surface area contributed by atoms with Crippen LogP contribution < -0.4 is 10.9 Å². The topological polar surface area (TPSA) is 79.6 Å². The van der Waals surface area contributed by atoms with Crippen molar-refractivity contribution in [2.24, 2.45) is 0 Å². The van der Waals surface area contributed by atoms with Gasteiger partial charge in [0, 0.05) is 25.4 Å². The van der Waals surface area contributed by atoms with Gasteiger partial charge >= 0.3 is 0 Å². The molecule has 1 amide bonds. The number of fused-ring (bicyclic) bond motifs is 1. The van der Waals surface area contributed by atoms with E-state index in [0.717, 1.165) is 5.56 Å². The monoisotopic (exact) mass is 355 g/mol. The molecule has 3 heterocycles. The van der Waals surface area contributed by atoms with Crippen LogP contribution in [0.25, 0.3) is 4.96 Å². The van der Waals surface area contributed by atoms with Crippen molar-refractivity contribution in [3.05, 3.63) is 58.0 Å². The van der Waals surface area contributed by atoms with E-state index in [0.29, 0.717) is 29.6 Å². The molecule has 4 rings (SSSR count). The van der Waals surface area contributed by atoms with Crippen molar-refractivity contribution in [2.45, 2.75) is 25.9 Å². The first-order chi connectivity index (χ1) is 12.1. The number of likely N-dealkylation sites (tertiary alicyclic amines) is 1. The van der Waals surface area contributed by atoms with Crippen LogP contribution in [0.15, 0.2) is 41.3 Å². The number of benzene rings is 1. The number of rotatable bonds is 4. The molecule has 3 aromatic rings. The van der Waals surface area contributed by atoms with Gasteiger partial charge in [0.05, 0.1) is 0 Å². The summed E-state index contributed by atoms with van der Waals surface area (Å²) in [5.41, 5.74) is 2.10. The Morgan fingerprint density at radius 1 is 1.24 bits per heavy atom. The largest absolute Gasteiger partial charge is 0.348 e. The molecule has 1 N–H and O–H groups in total. The van der Waals surface area contributed by atoms with Crippen molar-refractivity contribution in [1.82, 2.24) is 19.5 Å². The quantitative estimate of drug-likeness (QED) is 0.770. The van der Waals surface area contributed by atoms with E-state index in [4.69, 9.17) is 0 Å². The summed E-state index contributed by atoms with van der Waals surface area (Å²) in [5.74, 6) is 0.0557. The molecule has 25 heavy (non-hydrogen) atoms. The summed E-state index contributed by atoms with van der Waals surface area (Å²) in [6.45, 7) is 3.36. The minimum atomic E-state index is -0.318. The summed E-state index contributed by atoms with van der Waals surface area (Å²) >= 11 is 1.27. The van der Waals surface area contributed by atoms with Crippen molar-refractivity contribution >= 4 is 27.3 Å². The van der Waals surface area contributed by atoms with Gasteiger partial charge in [0.1, 0.15) is 6.04 Å². The Morgan fingerprint density at radius 3 is 2.80 bits per heavy atom. The number of carbonyl (C=O) groups is 1. The van der Waals surface area contributed by atoms with Crippen LogP contribution in [0.4, 0.5) is 5.13 Å². The highest BCUT2D eigenvalue weighted by atomic mass is 32.1. The summed E-state index contributed by atoms with van der Waals surface area (Å²) in [4.78, 5) is 30.8. The molecule has 0 spiro atoms.